The molecule has 2 heterocycles. The van der Waals surface area contributed by atoms with Crippen LogP contribution in [0, 0.1) is 0 Å². The average Bonchev–Trinajstić information content (AvgIpc) is 3.01. The quantitative estimate of drug-likeness (QED) is 0.299. The first kappa shape index (κ1) is 25.9. The Bertz CT molecular complexity index is 1060. The van der Waals surface area contributed by atoms with Crippen LogP contribution in [0.5, 0.6) is 5.75 Å². The maximum atomic E-state index is 13.0. The second-order valence-corrected chi connectivity index (χ2v) is 9.26. The standard InChI is InChI=1S/C24H29N3O8/c1-24(2,3)35-19(30)11-12-25-17(28)8-5-13-34-16-7-4-6-14-20(16)23(33)27(22(14)32)15-9-10-18(29)26-21(15)31/h4,6-7,15H,5,8-13H2,1-3H3,(H,25,28)(H,26,29,31). The highest BCUT2D eigenvalue weighted by Gasteiger charge is 2.45. The number of esters is 1. The molecule has 0 spiro atoms. The average molecular weight is 488 g/mol. The number of nitrogens with one attached hydrogen (secondary N) is 2. The van der Waals surface area contributed by atoms with Crippen LogP contribution in [0.15, 0.2) is 18.2 Å². The number of rotatable bonds is 9. The smallest absolute Gasteiger partial charge is 0.308 e. The predicted molar refractivity (Wildman–Crippen MR) is 121 cm³/mol. The van der Waals surface area contributed by atoms with Crippen molar-refractivity contribution >= 4 is 35.5 Å². The van der Waals surface area contributed by atoms with Gasteiger partial charge in [-0.25, -0.2) is 0 Å². The Balaban J connectivity index is 1.50. The molecule has 2 N–H and O–H groups in total. The number of carbonyl (C=O) groups excluding carboxylic acids is 6. The zero-order valence-corrected chi connectivity index (χ0v) is 20.0. The van der Waals surface area contributed by atoms with Gasteiger partial charge in [0.2, 0.25) is 17.7 Å². The van der Waals surface area contributed by atoms with Gasteiger partial charge in [-0.05, 0) is 45.7 Å². The van der Waals surface area contributed by atoms with E-state index in [1.807, 2.05) is 0 Å². The Labute approximate surface area is 202 Å². The van der Waals surface area contributed by atoms with E-state index in [1.54, 1.807) is 32.9 Å². The Morgan fingerprint density at radius 2 is 1.86 bits per heavy atom. The molecule has 1 fully saturated rings. The lowest BCUT2D eigenvalue weighted by molar-refractivity contribution is -0.154. The molecule has 1 unspecified atom stereocenters. The molecule has 11 nitrogen and oxygen atoms in total. The van der Waals surface area contributed by atoms with E-state index in [2.05, 4.69) is 10.6 Å². The molecule has 3 rings (SSSR count). The van der Waals surface area contributed by atoms with E-state index in [1.165, 1.54) is 6.07 Å². The Morgan fingerprint density at radius 3 is 2.54 bits per heavy atom. The number of hydrogen-bond acceptors (Lipinski definition) is 8. The Morgan fingerprint density at radius 1 is 1.11 bits per heavy atom. The molecule has 1 aromatic rings. The molecule has 5 amide bonds. The highest BCUT2D eigenvalue weighted by atomic mass is 16.6. The number of piperidine rings is 1. The van der Waals surface area contributed by atoms with E-state index in [0.29, 0.717) is 6.42 Å². The number of imide groups is 2. The van der Waals surface area contributed by atoms with E-state index >= 15 is 0 Å². The molecule has 11 heteroatoms. The minimum atomic E-state index is -1.06. The molecular formula is C24H29N3O8. The fourth-order valence-corrected chi connectivity index (χ4v) is 3.80. The number of nitrogens with zero attached hydrogens (tertiary/aromatic N) is 1. The lowest BCUT2D eigenvalue weighted by Gasteiger charge is -2.27. The number of hydrogen-bond donors (Lipinski definition) is 2. The van der Waals surface area contributed by atoms with Crippen molar-refractivity contribution in [1.82, 2.24) is 15.5 Å². The van der Waals surface area contributed by atoms with Crippen LogP contribution in [0.25, 0.3) is 0 Å². The first-order valence-electron chi connectivity index (χ1n) is 11.4. The molecule has 1 saturated heterocycles. The molecule has 0 radical (unpaired) electrons. The van der Waals surface area contributed by atoms with Gasteiger partial charge in [0.05, 0.1) is 24.2 Å². The third-order valence-corrected chi connectivity index (χ3v) is 5.31. The van der Waals surface area contributed by atoms with Crippen molar-refractivity contribution in [2.24, 2.45) is 0 Å². The largest absolute Gasteiger partial charge is 0.493 e. The summed E-state index contributed by atoms with van der Waals surface area (Å²) in [5, 5.41) is 4.79. The third kappa shape index (κ3) is 6.43. The van der Waals surface area contributed by atoms with Gasteiger partial charge in [-0.15, -0.1) is 0 Å². The lowest BCUT2D eigenvalue weighted by Crippen LogP contribution is -2.54. The summed E-state index contributed by atoms with van der Waals surface area (Å²) in [5.74, 6) is -2.88. The number of ether oxygens (including phenoxy) is 2. The normalized spacial score (nSPS) is 17.7. The second-order valence-electron chi connectivity index (χ2n) is 9.26. The zero-order valence-electron chi connectivity index (χ0n) is 20.0. The minimum Gasteiger partial charge on any atom is -0.493 e. The van der Waals surface area contributed by atoms with Crippen LogP contribution in [0.2, 0.25) is 0 Å². The second kappa shape index (κ2) is 10.7. The summed E-state index contributed by atoms with van der Waals surface area (Å²) in [6.45, 7) is 5.56. The van der Waals surface area contributed by atoms with Crippen molar-refractivity contribution in [2.75, 3.05) is 13.2 Å². The fourth-order valence-electron chi connectivity index (χ4n) is 3.80. The van der Waals surface area contributed by atoms with Gasteiger partial charge in [-0.3, -0.25) is 39.0 Å². The first-order valence-corrected chi connectivity index (χ1v) is 11.4. The number of amides is 5. The maximum Gasteiger partial charge on any atom is 0.308 e. The van der Waals surface area contributed by atoms with Crippen LogP contribution in [-0.2, 0) is 23.9 Å². The van der Waals surface area contributed by atoms with E-state index in [-0.39, 0.29) is 61.6 Å². The van der Waals surface area contributed by atoms with Crippen LogP contribution in [0.1, 0.15) is 73.6 Å². The van der Waals surface area contributed by atoms with Gasteiger partial charge in [0.1, 0.15) is 17.4 Å². The highest BCUT2D eigenvalue weighted by Crippen LogP contribution is 2.33. The summed E-state index contributed by atoms with van der Waals surface area (Å²) in [6, 6.07) is 3.53. The van der Waals surface area contributed by atoms with E-state index in [9.17, 15) is 28.8 Å². The monoisotopic (exact) mass is 487 g/mol. The van der Waals surface area contributed by atoms with Crippen molar-refractivity contribution in [1.29, 1.82) is 0 Å². The minimum absolute atomic E-state index is 0.0347. The van der Waals surface area contributed by atoms with Gasteiger partial charge in [0.15, 0.2) is 0 Å². The Kier molecular flexibility index (Phi) is 7.88. The maximum absolute atomic E-state index is 13.0. The number of carbonyl (C=O) groups is 6. The number of fused-ring (bicyclic) bond motifs is 1. The molecule has 35 heavy (non-hydrogen) atoms. The van der Waals surface area contributed by atoms with Crippen LogP contribution < -0.4 is 15.4 Å². The van der Waals surface area contributed by atoms with E-state index < -0.39 is 41.2 Å². The predicted octanol–water partition coefficient (Wildman–Crippen LogP) is 1.09. The molecule has 188 valence electrons. The van der Waals surface area contributed by atoms with Gasteiger partial charge < -0.3 is 14.8 Å². The topological polar surface area (TPSA) is 148 Å². The molecule has 0 saturated carbocycles. The van der Waals surface area contributed by atoms with Gasteiger partial charge in [0, 0.05) is 19.4 Å². The van der Waals surface area contributed by atoms with Crippen LogP contribution >= 0.6 is 0 Å². The van der Waals surface area contributed by atoms with Crippen molar-refractivity contribution < 1.29 is 38.2 Å². The molecular weight excluding hydrogens is 458 g/mol. The van der Waals surface area contributed by atoms with Crippen LogP contribution in [0.4, 0.5) is 0 Å². The SMILES string of the molecule is CC(C)(C)OC(=O)CCNC(=O)CCCOc1cccc2c1C(=O)N(C1CCC(=O)NC1=O)C2=O. The van der Waals surface area contributed by atoms with Crippen molar-refractivity contribution in [2.45, 2.75) is 64.5 Å². The third-order valence-electron chi connectivity index (χ3n) is 5.31. The van der Waals surface area contributed by atoms with E-state index in [0.717, 1.165) is 4.90 Å². The van der Waals surface area contributed by atoms with Gasteiger partial charge in [0.25, 0.3) is 11.8 Å². The molecule has 2 aliphatic heterocycles. The molecule has 2 aliphatic rings. The van der Waals surface area contributed by atoms with Crippen molar-refractivity contribution in [3.8, 4) is 5.75 Å². The fraction of sp³-hybridized carbons (Fsp3) is 0.500. The first-order chi connectivity index (χ1) is 16.5. The highest BCUT2D eigenvalue weighted by molar-refractivity contribution is 6.24. The van der Waals surface area contributed by atoms with Crippen molar-refractivity contribution in [3.05, 3.63) is 29.3 Å². The summed E-state index contributed by atoms with van der Waals surface area (Å²) in [6.07, 6.45) is 0.636. The number of benzene rings is 1. The van der Waals surface area contributed by atoms with Crippen molar-refractivity contribution in [3.63, 3.8) is 0 Å². The molecule has 0 aromatic heterocycles. The Hall–Kier alpha value is -3.76. The van der Waals surface area contributed by atoms with Gasteiger partial charge in [-0.2, -0.15) is 0 Å². The van der Waals surface area contributed by atoms with E-state index in [4.69, 9.17) is 9.47 Å². The molecule has 1 aromatic carbocycles. The zero-order chi connectivity index (χ0) is 25.8. The molecule has 0 bridgehead atoms. The summed E-state index contributed by atoms with van der Waals surface area (Å²) >= 11 is 0. The summed E-state index contributed by atoms with van der Waals surface area (Å²) in [5.41, 5.74) is -0.401. The van der Waals surface area contributed by atoms with Crippen LogP contribution in [-0.4, -0.2) is 65.2 Å². The van der Waals surface area contributed by atoms with Gasteiger partial charge in [-0.1, -0.05) is 6.07 Å². The summed E-state index contributed by atoms with van der Waals surface area (Å²) < 4.78 is 10.9. The van der Waals surface area contributed by atoms with Gasteiger partial charge >= 0.3 is 5.97 Å². The lowest BCUT2D eigenvalue weighted by atomic mass is 10.0. The summed E-state index contributed by atoms with van der Waals surface area (Å²) in [4.78, 5) is 74.0. The molecule has 0 aliphatic carbocycles. The van der Waals surface area contributed by atoms with Crippen LogP contribution in [0.3, 0.4) is 0 Å². The summed E-state index contributed by atoms with van der Waals surface area (Å²) in [7, 11) is 0. The molecule has 1 atom stereocenters.